The van der Waals surface area contributed by atoms with E-state index in [-0.39, 0.29) is 11.7 Å². The fourth-order valence-corrected chi connectivity index (χ4v) is 4.79. The molecule has 1 fully saturated rings. The van der Waals surface area contributed by atoms with Crippen molar-refractivity contribution in [2.45, 2.75) is 5.75 Å². The molecule has 1 aliphatic rings. The minimum Gasteiger partial charge on any atom is -0.336 e. The standard InChI is InChI=1S/C19H20N6O3S/c26-19(17-8-6-16(7-9-17)18-20-22-23-21-18)24-10-12-25(13-11-24)29(27,28)14-15-4-2-1-3-5-15/h1-9H,10-14H2,(H,20,21,22,23). The highest BCUT2D eigenvalue weighted by atomic mass is 32.2. The predicted molar refractivity (Wildman–Crippen MR) is 106 cm³/mol. The van der Waals surface area contributed by atoms with E-state index >= 15 is 0 Å². The van der Waals surface area contributed by atoms with Crippen LogP contribution in [0.15, 0.2) is 54.6 Å². The van der Waals surface area contributed by atoms with Crippen LogP contribution >= 0.6 is 0 Å². The minimum atomic E-state index is -3.41. The number of carbonyl (C=O) groups is 1. The van der Waals surface area contributed by atoms with Crippen LogP contribution in [0.5, 0.6) is 0 Å². The van der Waals surface area contributed by atoms with E-state index in [1.807, 2.05) is 18.2 Å². The van der Waals surface area contributed by atoms with Crippen LogP contribution in [0.4, 0.5) is 0 Å². The summed E-state index contributed by atoms with van der Waals surface area (Å²) in [5.41, 5.74) is 2.05. The molecule has 0 atom stereocenters. The average Bonchev–Trinajstić information content (AvgIpc) is 3.29. The van der Waals surface area contributed by atoms with Crippen LogP contribution in [-0.2, 0) is 15.8 Å². The normalized spacial score (nSPS) is 15.4. The molecule has 4 rings (SSSR count). The Labute approximate surface area is 168 Å². The third-order valence-electron chi connectivity index (χ3n) is 4.85. The molecule has 2 heterocycles. The summed E-state index contributed by atoms with van der Waals surface area (Å²) >= 11 is 0. The SMILES string of the molecule is O=C(c1ccc(-c2nn[nH]n2)cc1)N1CCN(S(=O)(=O)Cc2ccccc2)CC1. The molecule has 0 radical (unpaired) electrons. The molecule has 29 heavy (non-hydrogen) atoms. The highest BCUT2D eigenvalue weighted by Gasteiger charge is 2.29. The topological polar surface area (TPSA) is 112 Å². The number of aromatic nitrogens is 4. The second-order valence-corrected chi connectivity index (χ2v) is 8.71. The van der Waals surface area contributed by atoms with E-state index in [2.05, 4.69) is 20.6 Å². The number of H-pyrrole nitrogens is 1. The summed E-state index contributed by atoms with van der Waals surface area (Å²) in [4.78, 5) is 14.4. The van der Waals surface area contributed by atoms with Crippen molar-refractivity contribution in [1.82, 2.24) is 29.8 Å². The number of piperazine rings is 1. The number of aromatic amines is 1. The smallest absolute Gasteiger partial charge is 0.253 e. The van der Waals surface area contributed by atoms with Gasteiger partial charge in [-0.2, -0.15) is 9.52 Å². The molecule has 2 aromatic carbocycles. The van der Waals surface area contributed by atoms with Crippen molar-refractivity contribution in [3.8, 4) is 11.4 Å². The minimum absolute atomic E-state index is 0.0284. The van der Waals surface area contributed by atoms with Crippen molar-refractivity contribution in [3.05, 3.63) is 65.7 Å². The van der Waals surface area contributed by atoms with Crippen molar-refractivity contribution in [2.24, 2.45) is 0 Å². The van der Waals surface area contributed by atoms with E-state index in [0.29, 0.717) is 37.6 Å². The Kier molecular flexibility index (Phi) is 5.36. The number of amides is 1. The molecule has 1 N–H and O–H groups in total. The van der Waals surface area contributed by atoms with E-state index in [4.69, 9.17) is 0 Å². The van der Waals surface area contributed by atoms with E-state index in [1.54, 1.807) is 41.3 Å². The van der Waals surface area contributed by atoms with Gasteiger partial charge in [-0.1, -0.05) is 42.5 Å². The largest absolute Gasteiger partial charge is 0.336 e. The molecule has 0 unspecified atom stereocenters. The van der Waals surface area contributed by atoms with Crippen LogP contribution < -0.4 is 0 Å². The third kappa shape index (κ3) is 4.33. The lowest BCUT2D eigenvalue weighted by molar-refractivity contribution is 0.0698. The van der Waals surface area contributed by atoms with E-state index in [9.17, 15) is 13.2 Å². The number of sulfonamides is 1. The quantitative estimate of drug-likeness (QED) is 0.673. The Bertz CT molecular complexity index is 1060. The number of hydrogen-bond donors (Lipinski definition) is 1. The molecule has 1 saturated heterocycles. The zero-order valence-corrected chi connectivity index (χ0v) is 16.4. The van der Waals surface area contributed by atoms with Crippen LogP contribution in [-0.4, -0.2) is 70.3 Å². The second-order valence-electron chi connectivity index (χ2n) is 6.75. The van der Waals surface area contributed by atoms with Gasteiger partial charge >= 0.3 is 0 Å². The number of nitrogens with zero attached hydrogens (tertiary/aromatic N) is 5. The first-order valence-electron chi connectivity index (χ1n) is 9.18. The zero-order chi connectivity index (χ0) is 20.3. The van der Waals surface area contributed by atoms with Gasteiger partial charge in [0.1, 0.15) is 0 Å². The lowest BCUT2D eigenvalue weighted by Gasteiger charge is -2.34. The van der Waals surface area contributed by atoms with Gasteiger partial charge in [0, 0.05) is 37.3 Å². The van der Waals surface area contributed by atoms with Crippen molar-refractivity contribution >= 4 is 15.9 Å². The van der Waals surface area contributed by atoms with E-state index in [1.165, 1.54) is 4.31 Å². The summed E-state index contributed by atoms with van der Waals surface area (Å²) in [7, 11) is -3.41. The number of nitrogens with one attached hydrogen (secondary N) is 1. The lowest BCUT2D eigenvalue weighted by Crippen LogP contribution is -2.50. The molecule has 3 aromatic rings. The van der Waals surface area contributed by atoms with Crippen LogP contribution in [0.25, 0.3) is 11.4 Å². The summed E-state index contributed by atoms with van der Waals surface area (Å²) in [6.45, 7) is 1.31. The maximum atomic E-state index is 12.8. The molecule has 150 valence electrons. The van der Waals surface area contributed by atoms with Crippen LogP contribution in [0.1, 0.15) is 15.9 Å². The van der Waals surface area contributed by atoms with Gasteiger partial charge in [0.05, 0.1) is 5.75 Å². The van der Waals surface area contributed by atoms with Crippen LogP contribution in [0.3, 0.4) is 0 Å². The number of benzene rings is 2. The van der Waals surface area contributed by atoms with Crippen molar-refractivity contribution in [2.75, 3.05) is 26.2 Å². The number of tetrazole rings is 1. The first kappa shape index (κ1) is 19.2. The fourth-order valence-electron chi connectivity index (χ4n) is 3.27. The second kappa shape index (κ2) is 8.10. The summed E-state index contributed by atoms with van der Waals surface area (Å²) in [5.74, 6) is 0.310. The maximum absolute atomic E-state index is 12.8. The molecule has 1 amide bonds. The van der Waals surface area contributed by atoms with Crippen LogP contribution in [0.2, 0.25) is 0 Å². The lowest BCUT2D eigenvalue weighted by atomic mass is 10.1. The molecule has 0 spiro atoms. The Balaban J connectivity index is 1.37. The van der Waals surface area contributed by atoms with Gasteiger partial charge in [-0.3, -0.25) is 4.79 Å². The molecule has 1 aliphatic heterocycles. The Hall–Kier alpha value is -3.11. The molecule has 1 aromatic heterocycles. The predicted octanol–water partition coefficient (Wildman–Crippen LogP) is 1.15. The van der Waals surface area contributed by atoms with Gasteiger partial charge in [-0.25, -0.2) is 8.42 Å². The van der Waals surface area contributed by atoms with Gasteiger partial charge in [0.25, 0.3) is 5.91 Å². The molecular formula is C19H20N6O3S. The Morgan fingerprint density at radius 2 is 1.66 bits per heavy atom. The Morgan fingerprint density at radius 3 is 2.28 bits per heavy atom. The van der Waals surface area contributed by atoms with Crippen molar-refractivity contribution in [1.29, 1.82) is 0 Å². The molecule has 10 heteroatoms. The molecule has 9 nitrogen and oxygen atoms in total. The van der Waals surface area contributed by atoms with Gasteiger partial charge in [0.2, 0.25) is 15.8 Å². The average molecular weight is 412 g/mol. The zero-order valence-electron chi connectivity index (χ0n) is 15.6. The Morgan fingerprint density at radius 1 is 0.966 bits per heavy atom. The summed E-state index contributed by atoms with van der Waals surface area (Å²) < 4.78 is 26.8. The first-order chi connectivity index (χ1) is 14.0. The third-order valence-corrected chi connectivity index (χ3v) is 6.70. The van der Waals surface area contributed by atoms with Crippen LogP contribution in [0, 0.1) is 0 Å². The number of carbonyl (C=O) groups excluding carboxylic acids is 1. The van der Waals surface area contributed by atoms with E-state index in [0.717, 1.165) is 11.1 Å². The maximum Gasteiger partial charge on any atom is 0.253 e. The molecular weight excluding hydrogens is 392 g/mol. The van der Waals surface area contributed by atoms with Crippen molar-refractivity contribution < 1.29 is 13.2 Å². The van der Waals surface area contributed by atoms with Crippen molar-refractivity contribution in [3.63, 3.8) is 0 Å². The van der Waals surface area contributed by atoms with Gasteiger partial charge in [-0.05, 0) is 22.9 Å². The first-order valence-corrected chi connectivity index (χ1v) is 10.8. The molecule has 0 aliphatic carbocycles. The summed E-state index contributed by atoms with van der Waals surface area (Å²) in [6.07, 6.45) is 0. The number of rotatable bonds is 5. The molecule has 0 saturated carbocycles. The summed E-state index contributed by atoms with van der Waals surface area (Å²) in [5, 5.41) is 13.7. The molecule has 0 bridgehead atoms. The summed E-state index contributed by atoms with van der Waals surface area (Å²) in [6, 6.07) is 16.1. The highest BCUT2D eigenvalue weighted by molar-refractivity contribution is 7.88. The van der Waals surface area contributed by atoms with Gasteiger partial charge in [0.15, 0.2) is 0 Å². The highest BCUT2D eigenvalue weighted by Crippen LogP contribution is 2.18. The number of hydrogen-bond acceptors (Lipinski definition) is 6. The van der Waals surface area contributed by atoms with E-state index < -0.39 is 10.0 Å². The monoisotopic (exact) mass is 412 g/mol. The van der Waals surface area contributed by atoms with Gasteiger partial charge in [-0.15, -0.1) is 10.2 Å². The fraction of sp³-hybridized carbons (Fsp3) is 0.263. The van der Waals surface area contributed by atoms with Gasteiger partial charge < -0.3 is 4.90 Å².